The van der Waals surface area contributed by atoms with Crippen LogP contribution in [0.15, 0.2) is 18.2 Å². The van der Waals surface area contributed by atoms with Crippen LogP contribution in [0.2, 0.25) is 5.02 Å². The Kier molecular flexibility index (Phi) is 2.82. The highest BCUT2D eigenvalue weighted by atomic mass is 35.5. The average Bonchev–Trinajstić information content (AvgIpc) is 2.54. The van der Waals surface area contributed by atoms with Crippen molar-refractivity contribution >= 4 is 28.6 Å². The first-order valence-corrected chi connectivity index (χ1v) is 6.12. The van der Waals surface area contributed by atoms with Crippen LogP contribution in [-0.4, -0.2) is 9.55 Å². The average molecular weight is 252 g/mol. The van der Waals surface area contributed by atoms with Gasteiger partial charge in [-0.15, -0.1) is 0 Å². The van der Waals surface area contributed by atoms with E-state index in [1.165, 1.54) is 0 Å². The number of benzene rings is 1. The van der Waals surface area contributed by atoms with E-state index >= 15 is 0 Å². The predicted molar refractivity (Wildman–Crippen MR) is 73.3 cm³/mol. The fraction of sp³-hybridized carbons (Fsp3) is 0.462. The van der Waals surface area contributed by atoms with Crippen LogP contribution in [0.25, 0.3) is 11.0 Å². The number of imidazole rings is 1. The van der Waals surface area contributed by atoms with Crippen molar-refractivity contribution < 1.29 is 0 Å². The van der Waals surface area contributed by atoms with Crippen LogP contribution in [0, 0.1) is 5.41 Å². The van der Waals surface area contributed by atoms with Gasteiger partial charge in [-0.2, -0.15) is 0 Å². The summed E-state index contributed by atoms with van der Waals surface area (Å²) < 4.78 is 2.06. The zero-order valence-electron chi connectivity index (χ0n) is 10.7. The molecule has 0 radical (unpaired) electrons. The fourth-order valence-corrected chi connectivity index (χ4v) is 2.11. The molecule has 1 atom stereocenters. The lowest BCUT2D eigenvalue weighted by Gasteiger charge is -2.29. The second-order valence-corrected chi connectivity index (χ2v) is 5.90. The van der Waals surface area contributed by atoms with Crippen LogP contribution >= 0.6 is 11.6 Å². The molecule has 0 aliphatic rings. The number of hydrogen-bond acceptors (Lipinski definition) is 2. The SMILES string of the molecule is CC(n1c(N)nc2c(Cl)cccc21)C(C)(C)C. The highest BCUT2D eigenvalue weighted by Gasteiger charge is 2.25. The minimum Gasteiger partial charge on any atom is -0.369 e. The van der Waals surface area contributed by atoms with Crippen molar-refractivity contribution in [2.24, 2.45) is 5.41 Å². The Morgan fingerprint density at radius 3 is 2.59 bits per heavy atom. The number of anilines is 1. The van der Waals surface area contributed by atoms with E-state index in [-0.39, 0.29) is 11.5 Å². The minimum atomic E-state index is 0.115. The molecule has 1 unspecified atom stereocenters. The van der Waals surface area contributed by atoms with Gasteiger partial charge >= 0.3 is 0 Å². The maximum Gasteiger partial charge on any atom is 0.201 e. The van der Waals surface area contributed by atoms with E-state index < -0.39 is 0 Å². The van der Waals surface area contributed by atoms with E-state index in [0.29, 0.717) is 11.0 Å². The number of halogens is 1. The third-order valence-electron chi connectivity index (χ3n) is 3.34. The number of aromatic nitrogens is 2. The molecule has 1 aromatic heterocycles. The number of rotatable bonds is 1. The molecular weight excluding hydrogens is 234 g/mol. The molecule has 0 spiro atoms. The maximum atomic E-state index is 6.13. The van der Waals surface area contributed by atoms with Crippen LogP contribution in [0.1, 0.15) is 33.7 Å². The van der Waals surface area contributed by atoms with Gasteiger partial charge in [-0.1, -0.05) is 38.4 Å². The fourth-order valence-electron chi connectivity index (χ4n) is 1.90. The summed E-state index contributed by atoms with van der Waals surface area (Å²) in [6.45, 7) is 8.72. The summed E-state index contributed by atoms with van der Waals surface area (Å²) in [7, 11) is 0. The van der Waals surface area contributed by atoms with Gasteiger partial charge in [0, 0.05) is 6.04 Å². The number of nitrogens with zero attached hydrogens (tertiary/aromatic N) is 2. The Labute approximate surface area is 107 Å². The van der Waals surface area contributed by atoms with E-state index in [1.54, 1.807) is 0 Å². The third-order valence-corrected chi connectivity index (χ3v) is 3.64. The molecule has 0 saturated heterocycles. The number of nitrogen functional groups attached to an aromatic ring is 1. The Balaban J connectivity index is 2.70. The van der Waals surface area contributed by atoms with Crippen molar-refractivity contribution in [3.63, 3.8) is 0 Å². The lowest BCUT2D eigenvalue weighted by atomic mass is 9.88. The molecule has 92 valence electrons. The maximum absolute atomic E-state index is 6.13. The molecule has 1 heterocycles. The summed E-state index contributed by atoms with van der Waals surface area (Å²) >= 11 is 6.13. The van der Waals surface area contributed by atoms with Gasteiger partial charge in [0.1, 0.15) is 5.52 Å². The molecule has 0 bridgehead atoms. The second kappa shape index (κ2) is 3.91. The van der Waals surface area contributed by atoms with Crippen LogP contribution in [0.5, 0.6) is 0 Å². The van der Waals surface area contributed by atoms with E-state index in [2.05, 4.69) is 37.2 Å². The molecule has 0 saturated carbocycles. The summed E-state index contributed by atoms with van der Waals surface area (Å²) in [5.41, 5.74) is 7.91. The number of nitrogens with two attached hydrogens (primary N) is 1. The smallest absolute Gasteiger partial charge is 0.201 e. The van der Waals surface area contributed by atoms with Crippen molar-refractivity contribution in [2.45, 2.75) is 33.7 Å². The lowest BCUT2D eigenvalue weighted by molar-refractivity contribution is 0.270. The standard InChI is InChI=1S/C13H18ClN3/c1-8(13(2,3)4)17-10-7-5-6-9(14)11(10)16-12(17)15/h5-8H,1-4H3,(H2,15,16). The third kappa shape index (κ3) is 2.00. The van der Waals surface area contributed by atoms with Gasteiger partial charge in [0.2, 0.25) is 5.95 Å². The first-order valence-electron chi connectivity index (χ1n) is 5.74. The minimum absolute atomic E-state index is 0.115. The van der Waals surface area contributed by atoms with Gasteiger partial charge in [0.25, 0.3) is 0 Å². The molecule has 17 heavy (non-hydrogen) atoms. The quantitative estimate of drug-likeness (QED) is 0.836. The Morgan fingerprint density at radius 2 is 2.00 bits per heavy atom. The molecule has 0 aliphatic heterocycles. The molecular formula is C13H18ClN3. The zero-order chi connectivity index (χ0) is 12.8. The van der Waals surface area contributed by atoms with Crippen molar-refractivity contribution in [1.82, 2.24) is 9.55 Å². The van der Waals surface area contributed by atoms with E-state index in [1.807, 2.05) is 18.2 Å². The molecule has 2 N–H and O–H groups in total. The largest absolute Gasteiger partial charge is 0.369 e. The van der Waals surface area contributed by atoms with Crippen LogP contribution in [0.4, 0.5) is 5.95 Å². The number of para-hydroxylation sites is 1. The monoisotopic (exact) mass is 251 g/mol. The molecule has 2 rings (SSSR count). The van der Waals surface area contributed by atoms with Gasteiger partial charge in [0.15, 0.2) is 0 Å². The predicted octanol–water partition coefficient (Wildman–Crippen LogP) is 3.88. The van der Waals surface area contributed by atoms with Crippen LogP contribution in [0.3, 0.4) is 0 Å². The lowest BCUT2D eigenvalue weighted by Crippen LogP contribution is -2.22. The Hall–Kier alpha value is -1.22. The Morgan fingerprint density at radius 1 is 1.35 bits per heavy atom. The molecule has 1 aromatic carbocycles. The molecule has 0 aliphatic carbocycles. The van der Waals surface area contributed by atoms with Gasteiger partial charge in [-0.3, -0.25) is 0 Å². The first-order chi connectivity index (χ1) is 7.82. The molecule has 2 aromatic rings. The molecule has 0 amide bonds. The summed E-state index contributed by atoms with van der Waals surface area (Å²) in [5, 5.41) is 0.647. The van der Waals surface area contributed by atoms with Gasteiger partial charge < -0.3 is 10.3 Å². The molecule has 4 heteroatoms. The Bertz CT molecular complexity index is 552. The topological polar surface area (TPSA) is 43.8 Å². The van der Waals surface area contributed by atoms with Crippen molar-refractivity contribution in [2.75, 3.05) is 5.73 Å². The summed E-state index contributed by atoms with van der Waals surface area (Å²) in [4.78, 5) is 4.36. The normalized spacial score (nSPS) is 14.2. The van der Waals surface area contributed by atoms with E-state index in [4.69, 9.17) is 17.3 Å². The summed E-state index contributed by atoms with van der Waals surface area (Å²) in [5.74, 6) is 0.524. The zero-order valence-corrected chi connectivity index (χ0v) is 11.4. The van der Waals surface area contributed by atoms with Crippen LogP contribution < -0.4 is 5.73 Å². The highest BCUT2D eigenvalue weighted by Crippen LogP contribution is 2.36. The van der Waals surface area contributed by atoms with E-state index in [0.717, 1.165) is 11.0 Å². The van der Waals surface area contributed by atoms with E-state index in [9.17, 15) is 0 Å². The van der Waals surface area contributed by atoms with Gasteiger partial charge in [0.05, 0.1) is 10.5 Å². The summed E-state index contributed by atoms with van der Waals surface area (Å²) in [6.07, 6.45) is 0. The van der Waals surface area contributed by atoms with Crippen molar-refractivity contribution in [3.05, 3.63) is 23.2 Å². The first kappa shape index (κ1) is 12.2. The number of fused-ring (bicyclic) bond motifs is 1. The molecule has 3 nitrogen and oxygen atoms in total. The second-order valence-electron chi connectivity index (χ2n) is 5.49. The summed E-state index contributed by atoms with van der Waals surface area (Å²) in [6, 6.07) is 6.03. The number of hydrogen-bond donors (Lipinski definition) is 1. The van der Waals surface area contributed by atoms with Gasteiger partial charge in [-0.25, -0.2) is 4.98 Å². The van der Waals surface area contributed by atoms with Crippen molar-refractivity contribution in [3.8, 4) is 0 Å². The highest BCUT2D eigenvalue weighted by molar-refractivity contribution is 6.35. The molecule has 0 fully saturated rings. The van der Waals surface area contributed by atoms with Crippen LogP contribution in [-0.2, 0) is 0 Å². The van der Waals surface area contributed by atoms with Crippen molar-refractivity contribution in [1.29, 1.82) is 0 Å². The van der Waals surface area contributed by atoms with Gasteiger partial charge in [-0.05, 0) is 24.5 Å².